The molecule has 0 aromatic carbocycles. The maximum absolute atomic E-state index is 10.9. The molecule has 5 nitrogen and oxygen atoms in total. The molecule has 0 aliphatic carbocycles. The Balaban J connectivity index is 3.37. The highest BCUT2D eigenvalue weighted by Crippen LogP contribution is 1.70. The normalized spacial score (nSPS) is 8.83. The lowest BCUT2D eigenvalue weighted by Gasteiger charge is -2.04. The van der Waals surface area contributed by atoms with Crippen LogP contribution in [0.15, 0.2) is 0 Å². The number of urea groups is 1. The summed E-state index contributed by atoms with van der Waals surface area (Å²) in [7, 11) is 1.50. The molecule has 0 saturated carbocycles. The summed E-state index contributed by atoms with van der Waals surface area (Å²) in [5, 5.41) is 7.36. The van der Waals surface area contributed by atoms with Crippen molar-refractivity contribution < 1.29 is 9.59 Å². The van der Waals surface area contributed by atoms with Gasteiger partial charge in [-0.25, -0.2) is 4.79 Å². The molecule has 3 N–H and O–H groups in total. The highest BCUT2D eigenvalue weighted by Gasteiger charge is 2.00. The lowest BCUT2D eigenvalue weighted by atomic mass is 10.4. The smallest absolute Gasteiger partial charge is 0.314 e. The van der Waals surface area contributed by atoms with Gasteiger partial charge in [0.1, 0.15) is 0 Å². The zero-order valence-electron chi connectivity index (χ0n) is 7.44. The van der Waals surface area contributed by atoms with E-state index in [9.17, 15) is 9.59 Å². The first-order chi connectivity index (χ1) is 5.70. The van der Waals surface area contributed by atoms with Gasteiger partial charge in [-0.3, -0.25) is 4.79 Å². The first-order valence-corrected chi connectivity index (χ1v) is 3.93. The second-order valence-corrected chi connectivity index (χ2v) is 2.28. The van der Waals surface area contributed by atoms with E-state index in [0.29, 0.717) is 6.54 Å². The van der Waals surface area contributed by atoms with Crippen molar-refractivity contribution >= 4 is 11.9 Å². The van der Waals surface area contributed by atoms with Gasteiger partial charge in [0.05, 0.1) is 6.54 Å². The number of nitrogens with one attached hydrogen (secondary N) is 3. The standard InChI is InChI=1S/C7H15N3O2/c1-3-4-9-6(11)5-10-7(12)8-2/h3-5H2,1-2H3,(H,9,11)(H2,8,10,12). The average Bonchev–Trinajstić information content (AvgIpc) is 2.10. The minimum atomic E-state index is -0.346. The Morgan fingerprint density at radius 2 is 1.92 bits per heavy atom. The molecular formula is C7H15N3O2. The monoisotopic (exact) mass is 173 g/mol. The fraction of sp³-hybridized carbons (Fsp3) is 0.714. The van der Waals surface area contributed by atoms with E-state index in [4.69, 9.17) is 0 Å². The van der Waals surface area contributed by atoms with Crippen LogP contribution in [0.3, 0.4) is 0 Å². The summed E-state index contributed by atoms with van der Waals surface area (Å²) in [5.41, 5.74) is 0. The van der Waals surface area contributed by atoms with Crippen LogP contribution in [-0.4, -0.2) is 32.1 Å². The number of carbonyl (C=O) groups is 2. The molecule has 0 bridgehead atoms. The van der Waals surface area contributed by atoms with Crippen LogP contribution < -0.4 is 16.0 Å². The third kappa shape index (κ3) is 5.52. The minimum Gasteiger partial charge on any atom is -0.355 e. The number of rotatable bonds is 4. The summed E-state index contributed by atoms with van der Waals surface area (Å²) in [4.78, 5) is 21.5. The van der Waals surface area contributed by atoms with Crippen molar-refractivity contribution in [3.05, 3.63) is 0 Å². The van der Waals surface area contributed by atoms with Crippen molar-refractivity contribution in [1.82, 2.24) is 16.0 Å². The van der Waals surface area contributed by atoms with E-state index in [0.717, 1.165) is 6.42 Å². The van der Waals surface area contributed by atoms with Crippen molar-refractivity contribution in [2.24, 2.45) is 0 Å². The molecule has 0 heterocycles. The van der Waals surface area contributed by atoms with E-state index in [1.807, 2.05) is 6.92 Å². The summed E-state index contributed by atoms with van der Waals surface area (Å²) in [6.07, 6.45) is 0.895. The molecule has 12 heavy (non-hydrogen) atoms. The van der Waals surface area contributed by atoms with Gasteiger partial charge in [0.2, 0.25) is 5.91 Å². The molecule has 3 amide bonds. The average molecular weight is 173 g/mol. The predicted octanol–water partition coefficient (Wildman–Crippen LogP) is -0.558. The summed E-state index contributed by atoms with van der Waals surface area (Å²) >= 11 is 0. The van der Waals surface area contributed by atoms with E-state index < -0.39 is 0 Å². The molecule has 0 aromatic heterocycles. The van der Waals surface area contributed by atoms with Crippen LogP contribution in [0.1, 0.15) is 13.3 Å². The van der Waals surface area contributed by atoms with Crippen LogP contribution in [0.4, 0.5) is 4.79 Å². The van der Waals surface area contributed by atoms with E-state index in [1.54, 1.807) is 0 Å². The van der Waals surface area contributed by atoms with E-state index >= 15 is 0 Å². The summed E-state index contributed by atoms with van der Waals surface area (Å²) in [6, 6.07) is -0.346. The summed E-state index contributed by atoms with van der Waals surface area (Å²) in [6.45, 7) is 2.64. The Kier molecular flexibility index (Phi) is 5.77. The minimum absolute atomic E-state index is 0.0275. The summed E-state index contributed by atoms with van der Waals surface area (Å²) < 4.78 is 0. The molecule has 0 aliphatic rings. The fourth-order valence-electron chi connectivity index (χ4n) is 0.576. The highest BCUT2D eigenvalue weighted by atomic mass is 16.2. The number of hydrogen-bond donors (Lipinski definition) is 3. The van der Waals surface area contributed by atoms with Gasteiger partial charge >= 0.3 is 6.03 Å². The van der Waals surface area contributed by atoms with Crippen LogP contribution in [0.25, 0.3) is 0 Å². The number of hydrogen-bond acceptors (Lipinski definition) is 2. The largest absolute Gasteiger partial charge is 0.355 e. The van der Waals surface area contributed by atoms with Gasteiger partial charge < -0.3 is 16.0 Å². The molecule has 0 radical (unpaired) electrons. The Morgan fingerprint density at radius 3 is 2.42 bits per heavy atom. The molecule has 0 fully saturated rings. The zero-order chi connectivity index (χ0) is 9.40. The predicted molar refractivity (Wildman–Crippen MR) is 45.8 cm³/mol. The van der Waals surface area contributed by atoms with Gasteiger partial charge in [-0.1, -0.05) is 6.92 Å². The maximum atomic E-state index is 10.9. The Labute approximate surface area is 71.9 Å². The van der Waals surface area contributed by atoms with Crippen molar-refractivity contribution in [1.29, 1.82) is 0 Å². The van der Waals surface area contributed by atoms with Crippen molar-refractivity contribution in [2.75, 3.05) is 20.1 Å². The molecule has 0 atom stereocenters. The van der Waals surface area contributed by atoms with Crippen LogP contribution in [-0.2, 0) is 4.79 Å². The lowest BCUT2D eigenvalue weighted by Crippen LogP contribution is -2.40. The first-order valence-electron chi connectivity index (χ1n) is 3.93. The highest BCUT2D eigenvalue weighted by molar-refractivity contribution is 5.83. The van der Waals surface area contributed by atoms with Gasteiger partial charge in [0.15, 0.2) is 0 Å². The molecule has 0 rings (SSSR count). The van der Waals surface area contributed by atoms with Gasteiger partial charge in [-0.15, -0.1) is 0 Å². The van der Waals surface area contributed by atoms with Crippen molar-refractivity contribution in [3.63, 3.8) is 0 Å². The molecule has 0 saturated heterocycles. The first kappa shape index (κ1) is 10.7. The molecule has 0 aromatic rings. The molecule has 0 unspecified atom stereocenters. The topological polar surface area (TPSA) is 70.2 Å². The zero-order valence-corrected chi connectivity index (χ0v) is 7.44. The Morgan fingerprint density at radius 1 is 1.25 bits per heavy atom. The van der Waals surface area contributed by atoms with Crippen molar-refractivity contribution in [2.45, 2.75) is 13.3 Å². The quantitative estimate of drug-likeness (QED) is 0.533. The number of amides is 3. The van der Waals surface area contributed by atoms with E-state index in [2.05, 4.69) is 16.0 Å². The second kappa shape index (κ2) is 6.45. The second-order valence-electron chi connectivity index (χ2n) is 2.28. The van der Waals surface area contributed by atoms with E-state index in [1.165, 1.54) is 7.05 Å². The lowest BCUT2D eigenvalue weighted by molar-refractivity contribution is -0.120. The van der Waals surface area contributed by atoms with Crippen LogP contribution in [0.5, 0.6) is 0 Å². The Hall–Kier alpha value is -1.26. The molecule has 5 heteroatoms. The summed E-state index contributed by atoms with van der Waals surface area (Å²) in [5.74, 6) is -0.166. The third-order valence-electron chi connectivity index (χ3n) is 1.21. The Bertz CT molecular complexity index is 159. The molecular weight excluding hydrogens is 158 g/mol. The maximum Gasteiger partial charge on any atom is 0.314 e. The van der Waals surface area contributed by atoms with Crippen LogP contribution >= 0.6 is 0 Å². The third-order valence-corrected chi connectivity index (χ3v) is 1.21. The molecule has 0 spiro atoms. The van der Waals surface area contributed by atoms with Gasteiger partial charge in [0, 0.05) is 13.6 Å². The van der Waals surface area contributed by atoms with Gasteiger partial charge in [-0.05, 0) is 6.42 Å². The van der Waals surface area contributed by atoms with Crippen LogP contribution in [0, 0.1) is 0 Å². The van der Waals surface area contributed by atoms with Gasteiger partial charge in [0.25, 0.3) is 0 Å². The molecule has 70 valence electrons. The SMILES string of the molecule is CCCNC(=O)CNC(=O)NC. The molecule has 0 aliphatic heterocycles. The fourth-order valence-corrected chi connectivity index (χ4v) is 0.576. The van der Waals surface area contributed by atoms with E-state index in [-0.39, 0.29) is 18.5 Å². The van der Waals surface area contributed by atoms with Crippen LogP contribution in [0.2, 0.25) is 0 Å². The number of carbonyl (C=O) groups excluding carboxylic acids is 2. The van der Waals surface area contributed by atoms with Gasteiger partial charge in [-0.2, -0.15) is 0 Å². The van der Waals surface area contributed by atoms with Crippen molar-refractivity contribution in [3.8, 4) is 0 Å².